The lowest BCUT2D eigenvalue weighted by atomic mass is 9.83. The zero-order chi connectivity index (χ0) is 48.4. The molecule has 4 aromatic rings. The molecule has 17 heteroatoms. The number of aliphatic imine (C=N–C) groups is 1. The van der Waals surface area contributed by atoms with E-state index in [0.29, 0.717) is 56.3 Å². The molecule has 2 aromatic carbocycles. The quantitative estimate of drug-likeness (QED) is 0.0780. The number of ether oxygens (including phenoxy) is 3. The van der Waals surface area contributed by atoms with Crippen LogP contribution in [0.1, 0.15) is 103 Å². The number of carbonyl (C=O) groups is 3. The minimum Gasteiger partial charge on any atom is -0.491 e. The predicted octanol–water partition coefficient (Wildman–Crippen LogP) is 6.56. The average molecular weight is 985 g/mol. The van der Waals surface area contributed by atoms with E-state index < -0.39 is 12.1 Å². The molecule has 15 nitrogen and oxygen atoms in total. The van der Waals surface area contributed by atoms with E-state index in [9.17, 15) is 14.4 Å². The number of fused-ring (bicyclic) bond motifs is 4. The lowest BCUT2D eigenvalue weighted by Crippen LogP contribution is -2.58. The molecule has 0 bridgehead atoms. The van der Waals surface area contributed by atoms with E-state index in [-0.39, 0.29) is 42.1 Å². The van der Waals surface area contributed by atoms with Crippen LogP contribution in [-0.2, 0) is 30.3 Å². The number of halogens is 1. The second-order valence-electron chi connectivity index (χ2n) is 19.1. The van der Waals surface area contributed by atoms with Gasteiger partial charge in [0.1, 0.15) is 35.3 Å². The van der Waals surface area contributed by atoms with Crippen LogP contribution < -0.4 is 20.7 Å². The summed E-state index contributed by atoms with van der Waals surface area (Å²) in [6.45, 7) is 14.0. The average Bonchev–Trinajstić information content (AvgIpc) is 4.03. The van der Waals surface area contributed by atoms with E-state index >= 15 is 0 Å². The van der Waals surface area contributed by atoms with Crippen LogP contribution in [-0.4, -0.2) is 139 Å². The minimum atomic E-state index is -0.538. The number of hydrogen-bond acceptors (Lipinski definition) is 12. The molecule has 3 fully saturated rings. The van der Waals surface area contributed by atoms with E-state index in [1.165, 1.54) is 16.9 Å². The molecule has 5 atom stereocenters. The van der Waals surface area contributed by atoms with Crippen molar-refractivity contribution in [3.63, 3.8) is 0 Å². The van der Waals surface area contributed by atoms with Gasteiger partial charge in [-0.15, -0.1) is 21.5 Å². The van der Waals surface area contributed by atoms with Crippen LogP contribution >= 0.6 is 22.9 Å². The van der Waals surface area contributed by atoms with Gasteiger partial charge in [0.05, 0.1) is 44.6 Å². The fourth-order valence-electron chi connectivity index (χ4n) is 10.3. The number of amides is 3. The standard InChI is InChI=1S/C52H70ClN9O6S/c1-33-35(3)69-52-46(33)47(40-13-15-41(53)16-14-40)56-43(49-59-58-36(4)62(49)52)31-45(63)55-22-26-66-27-28-67-29-30-68-42-17-11-37(12-18-42)19-23-60-24-20-38-21-25-61(44(38)32-60)51(65)48(39-9-7-6-8-10-39)57-50(64)34(2)54-5/h11-18,34,38-39,43-44,48,54H,6-10,19-32H2,1-5H3,(H,55,63)(H,57,64)/t34-,38-,43-,44-,48-/m0/s1. The molecular formula is C52H70ClN9O6S. The van der Waals surface area contributed by atoms with Crippen molar-refractivity contribution in [1.29, 1.82) is 0 Å². The molecule has 1 saturated carbocycles. The first-order valence-corrected chi connectivity index (χ1v) is 26.2. The molecule has 0 radical (unpaired) electrons. The molecule has 2 aromatic heterocycles. The highest BCUT2D eigenvalue weighted by Gasteiger charge is 2.44. The Morgan fingerprint density at radius 3 is 2.36 bits per heavy atom. The number of piperidine rings is 1. The SMILES string of the molecule is CN[C@@H](C)C(=O)N[C@H](C(=O)N1CC[C@@H]2CCN(CCc3ccc(OCCOCCOCCNC(=O)C[C@@H]4N=C(c5ccc(Cl)cc5)c5c(sc(C)c5C)-n5c(C)nnc54)cc3)C[C@@H]21)C1CCCCC1. The van der Waals surface area contributed by atoms with Gasteiger partial charge in [0.15, 0.2) is 5.82 Å². The first-order chi connectivity index (χ1) is 33.5. The number of likely N-dealkylation sites (N-methyl/N-ethyl adjacent to an activating group) is 1. The summed E-state index contributed by atoms with van der Waals surface area (Å²) in [5.41, 5.74) is 5.15. The zero-order valence-electron chi connectivity index (χ0n) is 40.9. The summed E-state index contributed by atoms with van der Waals surface area (Å²) in [6.07, 6.45) is 8.60. The third-order valence-corrected chi connectivity index (χ3v) is 16.0. The van der Waals surface area contributed by atoms with E-state index in [1.807, 2.05) is 54.8 Å². The summed E-state index contributed by atoms with van der Waals surface area (Å²) in [5, 5.41) is 19.7. The minimum absolute atomic E-state index is 0.0964. The molecule has 8 rings (SSSR count). The van der Waals surface area contributed by atoms with E-state index in [4.69, 9.17) is 30.8 Å². The Morgan fingerprint density at radius 1 is 0.884 bits per heavy atom. The fourth-order valence-corrected chi connectivity index (χ4v) is 11.7. The van der Waals surface area contributed by atoms with Gasteiger partial charge in [-0.2, -0.15) is 0 Å². The van der Waals surface area contributed by atoms with Crippen LogP contribution in [0.3, 0.4) is 0 Å². The summed E-state index contributed by atoms with van der Waals surface area (Å²) < 4.78 is 19.5. The number of benzene rings is 2. The van der Waals surface area contributed by atoms with Crippen LogP contribution in [0, 0.1) is 32.6 Å². The van der Waals surface area contributed by atoms with Gasteiger partial charge in [-0.1, -0.05) is 55.1 Å². The van der Waals surface area contributed by atoms with Crippen LogP contribution in [0.4, 0.5) is 0 Å². The summed E-state index contributed by atoms with van der Waals surface area (Å²) >= 11 is 7.92. The number of thiophene rings is 1. The highest BCUT2D eigenvalue weighted by molar-refractivity contribution is 7.15. The predicted molar refractivity (Wildman–Crippen MR) is 270 cm³/mol. The lowest BCUT2D eigenvalue weighted by molar-refractivity contribution is -0.140. The Kier molecular flexibility index (Phi) is 17.6. The van der Waals surface area contributed by atoms with Crippen molar-refractivity contribution in [2.24, 2.45) is 16.8 Å². The number of aromatic nitrogens is 3. The fraction of sp³-hybridized carbons (Fsp3) is 0.577. The Labute approximate surface area is 416 Å². The summed E-state index contributed by atoms with van der Waals surface area (Å²) in [7, 11) is 1.78. The summed E-state index contributed by atoms with van der Waals surface area (Å²) in [4.78, 5) is 51.5. The molecule has 3 amide bonds. The molecule has 372 valence electrons. The van der Waals surface area contributed by atoms with Crippen LogP contribution in [0.15, 0.2) is 53.5 Å². The summed E-state index contributed by atoms with van der Waals surface area (Å²) in [5.74, 6) is 2.78. The smallest absolute Gasteiger partial charge is 0.245 e. The van der Waals surface area contributed by atoms with Crippen molar-refractivity contribution in [2.75, 3.05) is 72.8 Å². The Morgan fingerprint density at radius 2 is 1.61 bits per heavy atom. The van der Waals surface area contributed by atoms with Crippen molar-refractivity contribution in [1.82, 2.24) is 40.5 Å². The van der Waals surface area contributed by atoms with Crippen molar-refractivity contribution in [3.8, 4) is 10.8 Å². The zero-order valence-corrected chi connectivity index (χ0v) is 42.5. The van der Waals surface area contributed by atoms with Gasteiger partial charge in [0.2, 0.25) is 17.7 Å². The van der Waals surface area contributed by atoms with Crippen molar-refractivity contribution < 1.29 is 28.6 Å². The molecule has 4 aliphatic rings. The van der Waals surface area contributed by atoms with E-state index in [1.54, 1.807) is 18.4 Å². The van der Waals surface area contributed by atoms with Gasteiger partial charge < -0.3 is 40.0 Å². The van der Waals surface area contributed by atoms with Crippen molar-refractivity contribution in [3.05, 3.63) is 92.3 Å². The molecule has 69 heavy (non-hydrogen) atoms. The molecule has 3 N–H and O–H groups in total. The monoisotopic (exact) mass is 983 g/mol. The highest BCUT2D eigenvalue weighted by Crippen LogP contribution is 2.40. The van der Waals surface area contributed by atoms with Gasteiger partial charge in [-0.3, -0.25) is 23.9 Å². The van der Waals surface area contributed by atoms with Gasteiger partial charge in [0.25, 0.3) is 0 Å². The molecule has 0 spiro atoms. The van der Waals surface area contributed by atoms with Gasteiger partial charge in [0, 0.05) is 53.2 Å². The number of nitrogens with zero attached hydrogens (tertiary/aromatic N) is 6. The number of nitrogens with one attached hydrogen (secondary N) is 3. The van der Waals surface area contributed by atoms with Crippen molar-refractivity contribution in [2.45, 2.75) is 110 Å². The van der Waals surface area contributed by atoms with Crippen LogP contribution in [0.5, 0.6) is 5.75 Å². The van der Waals surface area contributed by atoms with Gasteiger partial charge in [-0.05, 0) is 121 Å². The molecule has 2 saturated heterocycles. The largest absolute Gasteiger partial charge is 0.491 e. The topological polar surface area (TPSA) is 165 Å². The Hall–Kier alpha value is -4.71. The third kappa shape index (κ3) is 12.4. The van der Waals surface area contributed by atoms with Gasteiger partial charge >= 0.3 is 0 Å². The van der Waals surface area contributed by atoms with Crippen molar-refractivity contribution >= 4 is 46.4 Å². The van der Waals surface area contributed by atoms with Gasteiger partial charge in [-0.25, -0.2) is 0 Å². The van der Waals surface area contributed by atoms with Crippen LogP contribution in [0.2, 0.25) is 5.02 Å². The molecule has 3 aliphatic heterocycles. The summed E-state index contributed by atoms with van der Waals surface area (Å²) in [6, 6.07) is 14.8. The molecule has 0 unspecified atom stereocenters. The van der Waals surface area contributed by atoms with E-state index in [0.717, 1.165) is 110 Å². The molecule has 5 heterocycles. The number of hydrogen-bond donors (Lipinski definition) is 3. The number of aryl methyl sites for hydroxylation is 2. The number of rotatable bonds is 21. The number of carbonyl (C=O) groups excluding carboxylic acids is 3. The number of likely N-dealkylation sites (tertiary alicyclic amines) is 2. The first-order valence-electron chi connectivity index (χ1n) is 25.0. The molecular weight excluding hydrogens is 914 g/mol. The lowest BCUT2D eigenvalue weighted by Gasteiger charge is -2.41. The Balaban J connectivity index is 0.715. The maximum absolute atomic E-state index is 14.2. The first kappa shape index (κ1) is 50.7. The molecule has 1 aliphatic carbocycles. The third-order valence-electron chi connectivity index (χ3n) is 14.6. The Bertz CT molecular complexity index is 2400. The van der Waals surface area contributed by atoms with E-state index in [2.05, 4.69) is 61.9 Å². The highest BCUT2D eigenvalue weighted by atomic mass is 35.5. The maximum atomic E-state index is 14.2. The second kappa shape index (κ2) is 23.9. The normalized spacial score (nSPS) is 20.3. The van der Waals surface area contributed by atoms with Crippen LogP contribution in [0.25, 0.3) is 5.00 Å². The second-order valence-corrected chi connectivity index (χ2v) is 20.7. The maximum Gasteiger partial charge on any atom is 0.245 e.